The second kappa shape index (κ2) is 5.56. The van der Waals surface area contributed by atoms with Crippen molar-refractivity contribution in [3.63, 3.8) is 0 Å². The lowest BCUT2D eigenvalue weighted by molar-refractivity contribution is -0.145. The van der Waals surface area contributed by atoms with E-state index in [2.05, 4.69) is 13.2 Å². The third kappa shape index (κ3) is 2.76. The molecule has 0 atom stereocenters. The van der Waals surface area contributed by atoms with Crippen molar-refractivity contribution in [2.24, 2.45) is 0 Å². The van der Waals surface area contributed by atoms with Crippen LogP contribution >= 0.6 is 0 Å². The molecule has 0 aliphatic rings. The van der Waals surface area contributed by atoms with E-state index < -0.39 is 6.05 Å². The number of hydrogen-bond donors (Lipinski definition) is 0. The number of alkyl halides is 2. The van der Waals surface area contributed by atoms with E-state index in [4.69, 9.17) is 0 Å². The van der Waals surface area contributed by atoms with Crippen LogP contribution in [0.15, 0.2) is 55.6 Å². The van der Waals surface area contributed by atoms with Crippen molar-refractivity contribution in [1.82, 2.24) is 4.90 Å². The van der Waals surface area contributed by atoms with Gasteiger partial charge in [-0.25, -0.2) is 4.90 Å². The maximum absolute atomic E-state index is 14.0. The minimum Gasteiger partial charge on any atom is -0.233 e. The highest BCUT2D eigenvalue weighted by Crippen LogP contribution is 2.31. The predicted molar refractivity (Wildman–Crippen MR) is 62.3 cm³/mol. The topological polar surface area (TPSA) is 3.24 Å². The van der Waals surface area contributed by atoms with Crippen LogP contribution in [0.2, 0.25) is 0 Å². The smallest absolute Gasteiger partial charge is 0.233 e. The molecule has 0 aliphatic carbocycles. The van der Waals surface area contributed by atoms with Gasteiger partial charge in [-0.05, 0) is 0 Å². The zero-order valence-corrected chi connectivity index (χ0v) is 9.07. The molecule has 1 aromatic rings. The molecule has 1 rings (SSSR count). The summed E-state index contributed by atoms with van der Waals surface area (Å²) in [5, 5.41) is 0. The van der Waals surface area contributed by atoms with Gasteiger partial charge in [-0.15, -0.1) is 13.2 Å². The summed E-state index contributed by atoms with van der Waals surface area (Å²) in [6.45, 7) is 7.20. The van der Waals surface area contributed by atoms with Crippen molar-refractivity contribution >= 4 is 0 Å². The van der Waals surface area contributed by atoms with E-state index >= 15 is 0 Å². The van der Waals surface area contributed by atoms with E-state index in [0.29, 0.717) is 0 Å². The molecule has 0 saturated carbocycles. The highest BCUT2D eigenvalue weighted by atomic mass is 19.3. The molecule has 0 amide bonds. The summed E-state index contributed by atoms with van der Waals surface area (Å²) in [5.74, 6) is 0. The Kier molecular flexibility index (Phi) is 4.38. The van der Waals surface area contributed by atoms with E-state index in [1.165, 1.54) is 24.3 Å². The first-order chi connectivity index (χ1) is 7.62. The molecule has 0 spiro atoms. The maximum Gasteiger partial charge on any atom is 0.332 e. The Balaban J connectivity index is 2.96. The fraction of sp³-hybridized carbons (Fsp3) is 0.231. The van der Waals surface area contributed by atoms with Gasteiger partial charge in [-0.2, -0.15) is 8.78 Å². The van der Waals surface area contributed by atoms with E-state index in [1.807, 2.05) is 0 Å². The molecule has 0 fully saturated rings. The summed E-state index contributed by atoms with van der Waals surface area (Å²) < 4.78 is 28.0. The lowest BCUT2D eigenvalue weighted by atomic mass is 10.1. The Morgan fingerprint density at radius 3 is 2.00 bits per heavy atom. The average molecular weight is 223 g/mol. The van der Waals surface area contributed by atoms with Crippen LogP contribution in [-0.2, 0) is 6.05 Å². The average Bonchev–Trinajstić information content (AvgIpc) is 2.30. The van der Waals surface area contributed by atoms with Crippen LogP contribution < -0.4 is 0 Å². The molecule has 0 saturated heterocycles. The molecule has 0 aromatic heterocycles. The Bertz CT molecular complexity index is 336. The van der Waals surface area contributed by atoms with Crippen molar-refractivity contribution in [3.8, 4) is 0 Å². The van der Waals surface area contributed by atoms with Crippen LogP contribution in [-0.4, -0.2) is 18.0 Å². The maximum atomic E-state index is 14.0. The number of halogens is 2. The first-order valence-electron chi connectivity index (χ1n) is 5.03. The molecule has 16 heavy (non-hydrogen) atoms. The number of nitrogens with zero attached hydrogens (tertiary/aromatic N) is 1. The van der Waals surface area contributed by atoms with E-state index in [0.717, 1.165) is 4.90 Å². The van der Waals surface area contributed by atoms with Crippen molar-refractivity contribution in [3.05, 3.63) is 61.2 Å². The van der Waals surface area contributed by atoms with Gasteiger partial charge in [-0.3, -0.25) is 0 Å². The summed E-state index contributed by atoms with van der Waals surface area (Å²) in [5.41, 5.74) is -0.0151. The van der Waals surface area contributed by atoms with Gasteiger partial charge in [0, 0.05) is 18.7 Å². The van der Waals surface area contributed by atoms with Crippen molar-refractivity contribution < 1.29 is 8.78 Å². The van der Waals surface area contributed by atoms with Gasteiger partial charge in [0.1, 0.15) is 0 Å². The van der Waals surface area contributed by atoms with Gasteiger partial charge in [0.25, 0.3) is 0 Å². The highest BCUT2D eigenvalue weighted by molar-refractivity contribution is 5.19. The largest absolute Gasteiger partial charge is 0.332 e. The normalized spacial score (nSPS) is 11.4. The van der Waals surface area contributed by atoms with E-state index in [9.17, 15) is 8.78 Å². The lowest BCUT2D eigenvalue weighted by Crippen LogP contribution is -2.39. The van der Waals surface area contributed by atoms with Crippen LogP contribution in [0, 0.1) is 0 Å². The van der Waals surface area contributed by atoms with Gasteiger partial charge >= 0.3 is 6.05 Å². The van der Waals surface area contributed by atoms with Crippen LogP contribution in [0.25, 0.3) is 0 Å². The number of hydrogen-bond acceptors (Lipinski definition) is 1. The minimum absolute atomic E-state index is 0.0151. The molecule has 0 aliphatic heterocycles. The fourth-order valence-corrected chi connectivity index (χ4v) is 1.44. The molecule has 1 nitrogen and oxygen atoms in total. The van der Waals surface area contributed by atoms with Gasteiger partial charge in [0.2, 0.25) is 0 Å². The zero-order chi connectivity index (χ0) is 12.0. The standard InChI is InChI=1S/C13H15F2N/c1-3-10-16(11-4-2)13(14,15)12-8-6-5-7-9-12/h3-9H,1-2,10-11H2. The molecular formula is C13H15F2N. The molecule has 0 heterocycles. The summed E-state index contributed by atoms with van der Waals surface area (Å²) in [7, 11) is 0. The zero-order valence-electron chi connectivity index (χ0n) is 9.07. The summed E-state index contributed by atoms with van der Waals surface area (Å²) in [4.78, 5) is 1.02. The molecule has 86 valence electrons. The predicted octanol–water partition coefficient (Wildman–Crippen LogP) is 3.41. The SMILES string of the molecule is C=CCN(CC=C)C(F)(F)c1ccccc1. The summed E-state index contributed by atoms with van der Waals surface area (Å²) in [6.07, 6.45) is 2.92. The van der Waals surface area contributed by atoms with Crippen molar-refractivity contribution in [2.75, 3.05) is 13.1 Å². The third-order valence-electron chi connectivity index (χ3n) is 2.22. The Labute approximate surface area is 94.7 Å². The van der Waals surface area contributed by atoms with Gasteiger partial charge < -0.3 is 0 Å². The Morgan fingerprint density at radius 1 is 1.06 bits per heavy atom. The van der Waals surface area contributed by atoms with Crippen molar-refractivity contribution in [2.45, 2.75) is 6.05 Å². The monoisotopic (exact) mass is 223 g/mol. The van der Waals surface area contributed by atoms with Crippen LogP contribution in [0.5, 0.6) is 0 Å². The molecule has 0 unspecified atom stereocenters. The second-order valence-electron chi connectivity index (χ2n) is 3.39. The molecular weight excluding hydrogens is 208 g/mol. The summed E-state index contributed by atoms with van der Waals surface area (Å²) >= 11 is 0. The van der Waals surface area contributed by atoms with E-state index in [-0.39, 0.29) is 18.7 Å². The van der Waals surface area contributed by atoms with Gasteiger partial charge in [-0.1, -0.05) is 42.5 Å². The Hall–Kier alpha value is -1.48. The van der Waals surface area contributed by atoms with E-state index in [1.54, 1.807) is 18.2 Å². The molecule has 0 radical (unpaired) electrons. The molecule has 1 aromatic carbocycles. The van der Waals surface area contributed by atoms with Gasteiger partial charge in [0.15, 0.2) is 0 Å². The minimum atomic E-state index is -3.00. The molecule has 3 heteroatoms. The van der Waals surface area contributed by atoms with Crippen LogP contribution in [0.4, 0.5) is 8.78 Å². The van der Waals surface area contributed by atoms with Gasteiger partial charge in [0.05, 0.1) is 0 Å². The molecule has 0 N–H and O–H groups in total. The first kappa shape index (κ1) is 12.6. The number of benzene rings is 1. The Morgan fingerprint density at radius 2 is 1.56 bits per heavy atom. The quantitative estimate of drug-likeness (QED) is 0.527. The lowest BCUT2D eigenvalue weighted by Gasteiger charge is -2.29. The number of rotatable bonds is 6. The highest BCUT2D eigenvalue weighted by Gasteiger charge is 2.37. The van der Waals surface area contributed by atoms with Crippen LogP contribution in [0.3, 0.4) is 0 Å². The van der Waals surface area contributed by atoms with Crippen LogP contribution in [0.1, 0.15) is 5.56 Å². The fourth-order valence-electron chi connectivity index (χ4n) is 1.44. The third-order valence-corrected chi connectivity index (χ3v) is 2.22. The second-order valence-corrected chi connectivity index (χ2v) is 3.39. The molecule has 0 bridgehead atoms. The summed E-state index contributed by atoms with van der Waals surface area (Å²) in [6, 6.07) is 4.75. The first-order valence-corrected chi connectivity index (χ1v) is 5.03. The van der Waals surface area contributed by atoms with Crippen molar-refractivity contribution in [1.29, 1.82) is 0 Å².